The number of hydrogen-bond acceptors (Lipinski definition) is 5. The lowest BCUT2D eigenvalue weighted by atomic mass is 10.0. The molecule has 142 valence electrons. The Morgan fingerprint density at radius 2 is 1.66 bits per heavy atom. The molecule has 6 rings (SSSR count). The molecule has 2 aliphatic rings. The summed E-state index contributed by atoms with van der Waals surface area (Å²) in [7, 11) is 1.69. The van der Waals surface area contributed by atoms with Gasteiger partial charge in [0.2, 0.25) is 0 Å². The van der Waals surface area contributed by atoms with Crippen molar-refractivity contribution in [1.29, 1.82) is 0 Å². The highest BCUT2D eigenvalue weighted by Gasteiger charge is 2.46. The predicted octanol–water partition coefficient (Wildman–Crippen LogP) is 4.94. The van der Waals surface area contributed by atoms with Gasteiger partial charge < -0.3 is 4.74 Å². The predicted molar refractivity (Wildman–Crippen MR) is 117 cm³/mol. The zero-order valence-corrected chi connectivity index (χ0v) is 16.6. The second-order valence-corrected chi connectivity index (χ2v) is 8.22. The molecule has 29 heavy (non-hydrogen) atoms. The SMILES string of the molecule is COc1ccc(C2C3Sc4nc5ccccc5n4C3=NN2c2ccccc2)cc1. The Hall–Kier alpha value is -3.25. The van der Waals surface area contributed by atoms with Gasteiger partial charge in [-0.05, 0) is 42.0 Å². The molecule has 2 unspecified atom stereocenters. The molecule has 5 nitrogen and oxygen atoms in total. The first kappa shape index (κ1) is 16.7. The van der Waals surface area contributed by atoms with E-state index in [9.17, 15) is 0 Å². The van der Waals surface area contributed by atoms with Crippen molar-refractivity contribution in [3.8, 4) is 5.75 Å². The van der Waals surface area contributed by atoms with Crippen LogP contribution in [-0.2, 0) is 0 Å². The molecule has 3 aromatic carbocycles. The van der Waals surface area contributed by atoms with Gasteiger partial charge in [0, 0.05) is 0 Å². The smallest absolute Gasteiger partial charge is 0.175 e. The van der Waals surface area contributed by atoms with Gasteiger partial charge in [-0.2, -0.15) is 5.10 Å². The number of thioether (sulfide) groups is 1. The van der Waals surface area contributed by atoms with Crippen LogP contribution in [0.4, 0.5) is 5.69 Å². The number of benzene rings is 3. The zero-order valence-electron chi connectivity index (χ0n) is 15.8. The molecule has 0 saturated carbocycles. The van der Waals surface area contributed by atoms with Crippen molar-refractivity contribution in [2.24, 2.45) is 5.10 Å². The summed E-state index contributed by atoms with van der Waals surface area (Å²) in [6.45, 7) is 0. The summed E-state index contributed by atoms with van der Waals surface area (Å²) < 4.78 is 7.57. The van der Waals surface area contributed by atoms with Gasteiger partial charge in [-0.15, -0.1) is 0 Å². The average molecular weight is 398 g/mol. The van der Waals surface area contributed by atoms with Crippen molar-refractivity contribution in [3.05, 3.63) is 84.4 Å². The lowest BCUT2D eigenvalue weighted by molar-refractivity contribution is 0.414. The van der Waals surface area contributed by atoms with Gasteiger partial charge in [-0.1, -0.05) is 54.2 Å². The average Bonchev–Trinajstić information content (AvgIpc) is 3.42. The normalized spacial score (nSPS) is 19.9. The topological polar surface area (TPSA) is 42.6 Å². The van der Waals surface area contributed by atoms with Gasteiger partial charge in [0.25, 0.3) is 0 Å². The summed E-state index contributed by atoms with van der Waals surface area (Å²) >= 11 is 1.79. The van der Waals surface area contributed by atoms with Crippen molar-refractivity contribution >= 4 is 34.3 Å². The van der Waals surface area contributed by atoms with Crippen LogP contribution in [0, 0.1) is 0 Å². The summed E-state index contributed by atoms with van der Waals surface area (Å²) in [5.74, 6) is 1.90. The number of anilines is 1. The molecule has 0 fully saturated rings. The third-order valence-electron chi connectivity index (χ3n) is 5.48. The molecule has 2 aliphatic heterocycles. The highest BCUT2D eigenvalue weighted by molar-refractivity contribution is 8.01. The Kier molecular flexibility index (Phi) is 3.67. The number of hydrazone groups is 1. The molecule has 0 N–H and O–H groups in total. The minimum absolute atomic E-state index is 0.0868. The Morgan fingerprint density at radius 3 is 2.45 bits per heavy atom. The van der Waals surface area contributed by atoms with E-state index >= 15 is 0 Å². The number of para-hydroxylation sites is 3. The maximum Gasteiger partial charge on any atom is 0.175 e. The van der Waals surface area contributed by atoms with Crippen molar-refractivity contribution < 1.29 is 4.74 Å². The third kappa shape index (κ3) is 2.49. The second kappa shape index (κ2) is 6.39. The Balaban J connectivity index is 1.51. The lowest BCUT2D eigenvalue weighted by Crippen LogP contribution is -2.26. The highest BCUT2D eigenvalue weighted by atomic mass is 32.2. The van der Waals surface area contributed by atoms with E-state index in [1.807, 2.05) is 24.3 Å². The van der Waals surface area contributed by atoms with E-state index < -0.39 is 0 Å². The van der Waals surface area contributed by atoms with Crippen molar-refractivity contribution in [2.75, 3.05) is 12.1 Å². The number of hydrogen-bond donors (Lipinski definition) is 0. The van der Waals surface area contributed by atoms with E-state index in [1.54, 1.807) is 18.9 Å². The van der Waals surface area contributed by atoms with Crippen molar-refractivity contribution in [3.63, 3.8) is 0 Å². The minimum Gasteiger partial charge on any atom is -0.497 e. The first-order chi connectivity index (χ1) is 14.3. The van der Waals surface area contributed by atoms with E-state index in [2.05, 4.69) is 64.2 Å². The van der Waals surface area contributed by atoms with Crippen LogP contribution < -0.4 is 9.75 Å². The highest BCUT2D eigenvalue weighted by Crippen LogP contribution is 2.48. The number of ether oxygens (including phenoxy) is 1. The fraction of sp³-hybridized carbons (Fsp3) is 0.130. The first-order valence-corrected chi connectivity index (χ1v) is 10.4. The van der Waals surface area contributed by atoms with E-state index in [-0.39, 0.29) is 11.3 Å². The van der Waals surface area contributed by atoms with Gasteiger partial charge in [0.05, 0.1) is 35.1 Å². The Bertz CT molecular complexity index is 1230. The molecule has 0 amide bonds. The van der Waals surface area contributed by atoms with Gasteiger partial charge in [0.1, 0.15) is 5.75 Å². The number of nitrogens with zero attached hydrogens (tertiary/aromatic N) is 4. The minimum atomic E-state index is 0.0868. The van der Waals surface area contributed by atoms with E-state index in [0.717, 1.165) is 33.5 Å². The van der Waals surface area contributed by atoms with Gasteiger partial charge in [0.15, 0.2) is 11.0 Å². The fourth-order valence-corrected chi connectivity index (χ4v) is 5.46. The molecule has 0 spiro atoms. The molecule has 1 aromatic heterocycles. The fourth-order valence-electron chi connectivity index (χ4n) is 4.12. The van der Waals surface area contributed by atoms with Crippen LogP contribution in [0.2, 0.25) is 0 Å². The number of aromatic nitrogens is 2. The van der Waals surface area contributed by atoms with Crippen molar-refractivity contribution in [2.45, 2.75) is 16.4 Å². The van der Waals surface area contributed by atoms with Crippen LogP contribution >= 0.6 is 11.8 Å². The largest absolute Gasteiger partial charge is 0.497 e. The number of methoxy groups -OCH3 is 1. The van der Waals surface area contributed by atoms with Crippen LogP contribution in [-0.4, -0.2) is 27.7 Å². The second-order valence-electron chi connectivity index (χ2n) is 7.11. The quantitative estimate of drug-likeness (QED) is 0.490. The van der Waals surface area contributed by atoms with Crippen LogP contribution in [0.1, 0.15) is 11.6 Å². The number of rotatable bonds is 3. The van der Waals surface area contributed by atoms with E-state index in [1.165, 1.54) is 5.56 Å². The van der Waals surface area contributed by atoms with E-state index in [0.29, 0.717) is 0 Å². The summed E-state index contributed by atoms with van der Waals surface area (Å²) in [5.41, 5.74) is 4.41. The molecule has 0 aliphatic carbocycles. The molecule has 0 bridgehead atoms. The van der Waals surface area contributed by atoms with Gasteiger partial charge in [-0.25, -0.2) is 4.98 Å². The van der Waals surface area contributed by atoms with Crippen LogP contribution in [0.3, 0.4) is 0 Å². The number of imidazole rings is 1. The standard InChI is InChI=1S/C23H18N4OS/c1-28-17-13-11-15(12-14-17)20-21-22(25-27(20)16-7-3-2-4-8-16)26-19-10-6-5-9-18(19)24-23(26)29-21/h2-14,20-21H,1H3. The van der Waals surface area contributed by atoms with Crippen molar-refractivity contribution in [1.82, 2.24) is 9.55 Å². The van der Waals surface area contributed by atoms with Crippen LogP contribution in [0.15, 0.2) is 89.1 Å². The monoisotopic (exact) mass is 398 g/mol. The molecule has 0 saturated heterocycles. The van der Waals surface area contributed by atoms with Gasteiger partial charge >= 0.3 is 0 Å². The molecule has 3 heterocycles. The summed E-state index contributed by atoms with van der Waals surface area (Å²) in [5, 5.41) is 8.44. The summed E-state index contributed by atoms with van der Waals surface area (Å²) in [4.78, 5) is 4.84. The van der Waals surface area contributed by atoms with Crippen LogP contribution in [0.5, 0.6) is 5.75 Å². The molecule has 2 atom stereocenters. The maximum absolute atomic E-state index is 5.35. The molecule has 0 radical (unpaired) electrons. The summed E-state index contributed by atoms with van der Waals surface area (Å²) in [6.07, 6.45) is 0. The maximum atomic E-state index is 5.35. The molecular formula is C23H18N4OS. The zero-order chi connectivity index (χ0) is 19.4. The lowest BCUT2D eigenvalue weighted by Gasteiger charge is -2.26. The third-order valence-corrected chi connectivity index (χ3v) is 6.69. The first-order valence-electron chi connectivity index (χ1n) is 9.55. The molecule has 6 heteroatoms. The summed E-state index contributed by atoms with van der Waals surface area (Å²) in [6, 6.07) is 27.0. The number of fused-ring (bicyclic) bond motifs is 5. The van der Waals surface area contributed by atoms with E-state index in [4.69, 9.17) is 14.8 Å². The van der Waals surface area contributed by atoms with Crippen LogP contribution in [0.25, 0.3) is 11.0 Å². The molecular weight excluding hydrogens is 380 g/mol. The molecule has 4 aromatic rings. The van der Waals surface area contributed by atoms with Gasteiger partial charge in [-0.3, -0.25) is 9.58 Å². The Labute approximate surface area is 172 Å². The Morgan fingerprint density at radius 1 is 0.897 bits per heavy atom.